The lowest BCUT2D eigenvalue weighted by Crippen LogP contribution is -2.28. The first kappa shape index (κ1) is 22.3. The van der Waals surface area contributed by atoms with E-state index in [0.29, 0.717) is 12.4 Å². The largest absolute Gasteiger partial charge is 0.480 e. The van der Waals surface area contributed by atoms with Crippen molar-refractivity contribution in [2.45, 2.75) is 26.2 Å². The van der Waals surface area contributed by atoms with Gasteiger partial charge in [0.2, 0.25) is 11.0 Å². The SMILES string of the molecule is C1CCNCC1.CCN1/C(=C\C=C2/C(=O)SC(=S)N2CC(=O)O)Oc2ccccc21. The third-order valence-electron chi connectivity index (χ3n) is 4.74. The molecule has 7 nitrogen and oxygen atoms in total. The Bertz CT molecular complexity index is 869. The Hall–Kier alpha value is -2.36. The molecule has 1 aromatic carbocycles. The van der Waals surface area contributed by atoms with Crippen molar-refractivity contribution in [1.82, 2.24) is 10.2 Å². The normalized spacial score (nSPS) is 20.8. The molecule has 2 saturated heterocycles. The van der Waals surface area contributed by atoms with Crippen molar-refractivity contribution in [3.8, 4) is 5.75 Å². The lowest BCUT2D eigenvalue weighted by atomic mass is 10.2. The van der Waals surface area contributed by atoms with Crippen LogP contribution in [0.1, 0.15) is 26.2 Å². The maximum Gasteiger partial charge on any atom is 0.323 e. The van der Waals surface area contributed by atoms with Crippen LogP contribution in [0.15, 0.2) is 48.0 Å². The van der Waals surface area contributed by atoms with Crippen molar-refractivity contribution >= 4 is 45.1 Å². The highest BCUT2D eigenvalue weighted by Gasteiger charge is 2.33. The number of hydrogen-bond donors (Lipinski definition) is 2. The molecule has 0 atom stereocenters. The fraction of sp³-hybridized carbons (Fsp3) is 0.381. The molecule has 0 bridgehead atoms. The molecule has 0 aliphatic carbocycles. The zero-order valence-corrected chi connectivity index (χ0v) is 18.4. The lowest BCUT2D eigenvalue weighted by Gasteiger charge is -2.16. The summed E-state index contributed by atoms with van der Waals surface area (Å²) in [6, 6.07) is 7.64. The maximum absolute atomic E-state index is 12.0. The number of carboxylic acid groups (broad SMARTS) is 1. The quantitative estimate of drug-likeness (QED) is 0.533. The van der Waals surface area contributed by atoms with Gasteiger partial charge in [-0.25, -0.2) is 0 Å². The third kappa shape index (κ3) is 5.41. The average Bonchev–Trinajstić information content (AvgIpc) is 3.24. The minimum absolute atomic E-state index is 0.245. The first-order chi connectivity index (χ1) is 14.5. The van der Waals surface area contributed by atoms with E-state index in [1.54, 1.807) is 12.2 Å². The van der Waals surface area contributed by atoms with Gasteiger partial charge in [-0.3, -0.25) is 9.59 Å². The Labute approximate surface area is 185 Å². The van der Waals surface area contributed by atoms with Crippen LogP contribution in [0.25, 0.3) is 0 Å². The smallest absolute Gasteiger partial charge is 0.323 e. The molecule has 0 radical (unpaired) electrons. The van der Waals surface area contributed by atoms with E-state index in [9.17, 15) is 9.59 Å². The van der Waals surface area contributed by atoms with Gasteiger partial charge >= 0.3 is 5.97 Å². The highest BCUT2D eigenvalue weighted by Crippen LogP contribution is 2.38. The maximum atomic E-state index is 12.0. The van der Waals surface area contributed by atoms with E-state index in [-0.39, 0.29) is 21.7 Å². The number of rotatable bonds is 4. The van der Waals surface area contributed by atoms with E-state index in [1.165, 1.54) is 37.3 Å². The molecule has 0 spiro atoms. The number of ether oxygens (including phenoxy) is 1. The molecule has 3 aliphatic rings. The second-order valence-corrected chi connectivity index (χ2v) is 8.42. The fourth-order valence-corrected chi connectivity index (χ4v) is 4.40. The minimum Gasteiger partial charge on any atom is -0.480 e. The van der Waals surface area contributed by atoms with Gasteiger partial charge in [-0.05, 0) is 62.8 Å². The molecule has 0 unspecified atom stereocenters. The highest BCUT2D eigenvalue weighted by molar-refractivity contribution is 8.33. The number of nitrogens with one attached hydrogen (secondary N) is 1. The average molecular weight is 448 g/mol. The van der Waals surface area contributed by atoms with Crippen LogP contribution in [-0.2, 0) is 9.59 Å². The lowest BCUT2D eigenvalue weighted by molar-refractivity contribution is -0.137. The van der Waals surface area contributed by atoms with Crippen LogP contribution in [0.4, 0.5) is 5.69 Å². The Morgan fingerprint density at radius 2 is 1.97 bits per heavy atom. The predicted molar refractivity (Wildman–Crippen MR) is 123 cm³/mol. The Balaban J connectivity index is 0.000000367. The molecule has 160 valence electrons. The summed E-state index contributed by atoms with van der Waals surface area (Å²) in [6.07, 6.45) is 7.44. The number of hydrogen-bond acceptors (Lipinski definition) is 7. The minimum atomic E-state index is -1.05. The van der Waals surface area contributed by atoms with Crippen LogP contribution in [0.2, 0.25) is 0 Å². The number of carbonyl (C=O) groups is 2. The van der Waals surface area contributed by atoms with E-state index in [4.69, 9.17) is 22.1 Å². The van der Waals surface area contributed by atoms with Crippen LogP contribution in [0.3, 0.4) is 0 Å². The number of thioether (sulfide) groups is 1. The molecule has 0 aromatic heterocycles. The van der Waals surface area contributed by atoms with Crippen LogP contribution >= 0.6 is 24.0 Å². The summed E-state index contributed by atoms with van der Waals surface area (Å²) in [5.41, 5.74) is 1.20. The molecule has 9 heteroatoms. The van der Waals surface area contributed by atoms with Gasteiger partial charge in [0.15, 0.2) is 5.75 Å². The van der Waals surface area contributed by atoms with Gasteiger partial charge in [0.05, 0.1) is 11.4 Å². The number of para-hydroxylation sites is 2. The van der Waals surface area contributed by atoms with E-state index < -0.39 is 5.97 Å². The van der Waals surface area contributed by atoms with Gasteiger partial charge in [0.1, 0.15) is 10.9 Å². The second kappa shape index (κ2) is 10.6. The first-order valence-corrected chi connectivity index (χ1v) is 11.2. The molecule has 1 aromatic rings. The number of allylic oxidation sites excluding steroid dienone is 2. The molecule has 3 heterocycles. The second-order valence-electron chi connectivity index (χ2n) is 6.82. The van der Waals surface area contributed by atoms with Crippen molar-refractivity contribution in [2.24, 2.45) is 0 Å². The van der Waals surface area contributed by atoms with E-state index in [0.717, 1.165) is 23.2 Å². The number of fused-ring (bicyclic) bond motifs is 1. The van der Waals surface area contributed by atoms with Crippen molar-refractivity contribution in [3.63, 3.8) is 0 Å². The summed E-state index contributed by atoms with van der Waals surface area (Å²) in [5.74, 6) is 0.275. The van der Waals surface area contributed by atoms with Crippen molar-refractivity contribution < 1.29 is 19.4 Å². The zero-order valence-electron chi connectivity index (χ0n) is 16.8. The standard InChI is InChI=1S/C16H14N2O4S2.C5H11N/c1-2-17-10-5-3-4-6-12(10)22-13(17)8-7-11-15(21)24-16(23)18(11)9-14(19)20;1-2-4-6-5-3-1/h3-8H,2,9H2,1H3,(H,19,20);6H,1-5H2/b11-7+,13-8+;. The van der Waals surface area contributed by atoms with Gasteiger partial charge < -0.3 is 25.0 Å². The van der Waals surface area contributed by atoms with Crippen LogP contribution in [0.5, 0.6) is 5.75 Å². The van der Waals surface area contributed by atoms with Gasteiger partial charge in [-0.1, -0.05) is 30.8 Å². The number of aliphatic carboxylic acids is 1. The molecular formula is C21H25N3O4S2. The number of benzene rings is 1. The first-order valence-electron chi connectivity index (χ1n) is 9.94. The molecular weight excluding hydrogens is 422 g/mol. The highest BCUT2D eigenvalue weighted by atomic mass is 32.2. The Kier molecular flexibility index (Phi) is 7.89. The van der Waals surface area contributed by atoms with Crippen LogP contribution < -0.4 is 15.0 Å². The summed E-state index contributed by atoms with van der Waals surface area (Å²) in [6.45, 7) is 4.85. The van der Waals surface area contributed by atoms with Crippen molar-refractivity contribution in [2.75, 3.05) is 31.1 Å². The van der Waals surface area contributed by atoms with E-state index in [2.05, 4.69) is 5.32 Å². The Morgan fingerprint density at radius 3 is 2.57 bits per heavy atom. The fourth-order valence-electron chi connectivity index (χ4n) is 3.29. The number of anilines is 1. The third-order valence-corrected chi connectivity index (χ3v) is 6.00. The Morgan fingerprint density at radius 1 is 1.23 bits per heavy atom. The number of nitrogens with zero attached hydrogens (tertiary/aromatic N) is 2. The van der Waals surface area contributed by atoms with E-state index >= 15 is 0 Å². The van der Waals surface area contributed by atoms with Crippen LogP contribution in [0, 0.1) is 0 Å². The number of carboxylic acids is 1. The van der Waals surface area contributed by atoms with Crippen molar-refractivity contribution in [3.05, 3.63) is 48.0 Å². The summed E-state index contributed by atoms with van der Waals surface area (Å²) >= 11 is 5.92. The van der Waals surface area contributed by atoms with Gasteiger partial charge in [-0.15, -0.1) is 0 Å². The molecule has 30 heavy (non-hydrogen) atoms. The molecule has 3 aliphatic heterocycles. The van der Waals surface area contributed by atoms with Gasteiger partial charge in [0, 0.05) is 12.6 Å². The number of carbonyl (C=O) groups excluding carboxylic acids is 1. The van der Waals surface area contributed by atoms with Crippen LogP contribution in [-0.4, -0.2) is 51.6 Å². The van der Waals surface area contributed by atoms with Crippen molar-refractivity contribution in [1.29, 1.82) is 0 Å². The molecule has 0 amide bonds. The summed E-state index contributed by atoms with van der Waals surface area (Å²) in [7, 11) is 0. The molecule has 2 N–H and O–H groups in total. The summed E-state index contributed by atoms with van der Waals surface area (Å²) in [4.78, 5) is 26.3. The van der Waals surface area contributed by atoms with E-state index in [1.807, 2.05) is 36.1 Å². The molecule has 2 fully saturated rings. The topological polar surface area (TPSA) is 82.1 Å². The monoisotopic (exact) mass is 447 g/mol. The predicted octanol–water partition coefficient (Wildman–Crippen LogP) is 3.34. The number of thiocarbonyl (C=S) groups is 1. The summed E-state index contributed by atoms with van der Waals surface area (Å²) in [5, 5.41) is 12.0. The zero-order chi connectivity index (χ0) is 21.5. The van der Waals surface area contributed by atoms with Gasteiger partial charge in [-0.2, -0.15) is 0 Å². The number of piperidine rings is 1. The van der Waals surface area contributed by atoms with Gasteiger partial charge in [0.25, 0.3) is 0 Å². The molecule has 4 rings (SSSR count). The summed E-state index contributed by atoms with van der Waals surface area (Å²) < 4.78 is 6.05. The molecule has 0 saturated carbocycles.